The number of nitrogens with zero attached hydrogens (tertiary/aromatic N) is 5. The van der Waals surface area contributed by atoms with Crippen LogP contribution in [0.5, 0.6) is 0 Å². The van der Waals surface area contributed by atoms with Gasteiger partial charge in [-0.25, -0.2) is 4.68 Å². The summed E-state index contributed by atoms with van der Waals surface area (Å²) < 4.78 is 13.1. The number of ether oxygens (including phenoxy) is 1. The maximum atomic E-state index is 5.90. The van der Waals surface area contributed by atoms with Crippen molar-refractivity contribution in [3.05, 3.63) is 35.5 Å². The van der Waals surface area contributed by atoms with Gasteiger partial charge in [-0.1, -0.05) is 5.21 Å². The van der Waals surface area contributed by atoms with Gasteiger partial charge in [0.2, 0.25) is 0 Å². The van der Waals surface area contributed by atoms with Gasteiger partial charge in [0.25, 0.3) is 0 Å². The van der Waals surface area contributed by atoms with Crippen molar-refractivity contribution in [2.75, 3.05) is 32.8 Å². The van der Waals surface area contributed by atoms with Crippen LogP contribution in [0.1, 0.15) is 36.2 Å². The van der Waals surface area contributed by atoms with Crippen LogP contribution < -0.4 is 0 Å². The molecule has 0 radical (unpaired) electrons. The fourth-order valence-corrected chi connectivity index (χ4v) is 3.71. The molecule has 2 aromatic rings. The molecule has 0 unspecified atom stereocenters. The highest BCUT2D eigenvalue weighted by Crippen LogP contribution is 2.18. The topological polar surface area (TPSA) is 59.6 Å². The third kappa shape index (κ3) is 4.29. The molecule has 4 heterocycles. The van der Waals surface area contributed by atoms with Crippen LogP contribution in [0.3, 0.4) is 0 Å². The molecule has 2 aliphatic heterocycles. The number of hydrogen-bond donors (Lipinski definition) is 0. The Morgan fingerprint density at radius 1 is 1.08 bits per heavy atom. The SMILES string of the molecule is c1cc(CN2CCCn3nnc(COCCN4CCCC4)c3C2)co1. The molecule has 1 saturated heterocycles. The van der Waals surface area contributed by atoms with Crippen molar-refractivity contribution >= 4 is 0 Å². The van der Waals surface area contributed by atoms with Crippen LogP contribution >= 0.6 is 0 Å². The lowest BCUT2D eigenvalue weighted by Gasteiger charge is -2.19. The maximum Gasteiger partial charge on any atom is 0.113 e. The van der Waals surface area contributed by atoms with E-state index in [4.69, 9.17) is 9.15 Å². The first-order chi connectivity index (χ1) is 12.4. The number of hydrogen-bond acceptors (Lipinski definition) is 6. The Bertz CT molecular complexity index is 648. The zero-order valence-corrected chi connectivity index (χ0v) is 14.8. The van der Waals surface area contributed by atoms with Crippen LogP contribution in [-0.2, 0) is 31.0 Å². The fourth-order valence-electron chi connectivity index (χ4n) is 3.71. The first kappa shape index (κ1) is 16.8. The highest BCUT2D eigenvalue weighted by molar-refractivity contribution is 5.11. The first-order valence-corrected chi connectivity index (χ1v) is 9.33. The third-order valence-corrected chi connectivity index (χ3v) is 5.11. The molecule has 0 N–H and O–H groups in total. The van der Waals surface area contributed by atoms with E-state index in [2.05, 4.69) is 24.8 Å². The molecule has 0 spiro atoms. The van der Waals surface area contributed by atoms with E-state index >= 15 is 0 Å². The van der Waals surface area contributed by atoms with Gasteiger partial charge in [0.15, 0.2) is 0 Å². The Balaban J connectivity index is 1.32. The van der Waals surface area contributed by atoms with Gasteiger partial charge >= 0.3 is 0 Å². The summed E-state index contributed by atoms with van der Waals surface area (Å²) in [5, 5.41) is 8.70. The van der Waals surface area contributed by atoms with Crippen molar-refractivity contribution < 1.29 is 9.15 Å². The van der Waals surface area contributed by atoms with E-state index in [0.717, 1.165) is 51.4 Å². The molecule has 2 aromatic heterocycles. The summed E-state index contributed by atoms with van der Waals surface area (Å²) in [6.45, 7) is 8.53. The molecular weight excluding hydrogens is 318 g/mol. The van der Waals surface area contributed by atoms with Gasteiger partial charge in [-0.05, 0) is 38.4 Å². The van der Waals surface area contributed by atoms with Crippen LogP contribution in [0, 0.1) is 0 Å². The molecule has 0 atom stereocenters. The number of furan rings is 1. The minimum atomic E-state index is 0.558. The lowest BCUT2D eigenvalue weighted by atomic mass is 10.2. The Morgan fingerprint density at radius 3 is 2.80 bits per heavy atom. The molecule has 136 valence electrons. The number of aromatic nitrogens is 3. The summed E-state index contributed by atoms with van der Waals surface area (Å²) in [7, 11) is 0. The van der Waals surface area contributed by atoms with E-state index in [9.17, 15) is 0 Å². The lowest BCUT2D eigenvalue weighted by Crippen LogP contribution is -2.24. The highest BCUT2D eigenvalue weighted by Gasteiger charge is 2.20. The van der Waals surface area contributed by atoms with Crippen LogP contribution in [0.25, 0.3) is 0 Å². The van der Waals surface area contributed by atoms with E-state index in [0.29, 0.717) is 6.61 Å². The normalized spacial score (nSPS) is 19.2. The predicted molar refractivity (Wildman–Crippen MR) is 92.8 cm³/mol. The van der Waals surface area contributed by atoms with Gasteiger partial charge in [-0.15, -0.1) is 5.10 Å². The van der Waals surface area contributed by atoms with E-state index in [-0.39, 0.29) is 0 Å². The molecule has 0 bridgehead atoms. The average Bonchev–Trinajstić information content (AvgIpc) is 3.34. The van der Waals surface area contributed by atoms with Gasteiger partial charge in [0.05, 0.1) is 31.4 Å². The Labute approximate surface area is 148 Å². The van der Waals surface area contributed by atoms with E-state index in [1.807, 2.05) is 12.3 Å². The molecule has 0 saturated carbocycles. The summed E-state index contributed by atoms with van der Waals surface area (Å²) in [4.78, 5) is 4.90. The largest absolute Gasteiger partial charge is 0.472 e. The Morgan fingerprint density at radius 2 is 1.96 bits per heavy atom. The molecule has 7 nitrogen and oxygen atoms in total. The second-order valence-electron chi connectivity index (χ2n) is 7.00. The summed E-state index contributed by atoms with van der Waals surface area (Å²) >= 11 is 0. The molecule has 7 heteroatoms. The monoisotopic (exact) mass is 345 g/mol. The standard InChI is InChI=1S/C18H27N5O2/c1-2-6-21(5-1)9-11-25-15-17-18-13-22(12-16-4-10-24-14-16)7-3-8-23(18)20-19-17/h4,10,14H,1-3,5-9,11-13,15H2. The van der Waals surface area contributed by atoms with Crippen LogP contribution in [0.4, 0.5) is 0 Å². The molecular formula is C18H27N5O2. The summed E-state index contributed by atoms with van der Waals surface area (Å²) in [6, 6.07) is 2.03. The number of likely N-dealkylation sites (tertiary alicyclic amines) is 1. The molecule has 25 heavy (non-hydrogen) atoms. The Hall–Kier alpha value is -1.70. The highest BCUT2D eigenvalue weighted by atomic mass is 16.5. The minimum Gasteiger partial charge on any atom is -0.472 e. The fraction of sp³-hybridized carbons (Fsp3) is 0.667. The van der Waals surface area contributed by atoms with Crippen LogP contribution in [-0.4, -0.2) is 57.6 Å². The van der Waals surface area contributed by atoms with Crippen molar-refractivity contribution in [2.45, 2.75) is 45.5 Å². The van der Waals surface area contributed by atoms with Gasteiger partial charge in [-0.3, -0.25) is 4.90 Å². The van der Waals surface area contributed by atoms with E-state index < -0.39 is 0 Å². The van der Waals surface area contributed by atoms with E-state index in [1.54, 1.807) is 6.26 Å². The summed E-state index contributed by atoms with van der Waals surface area (Å²) in [5.41, 5.74) is 3.40. The van der Waals surface area contributed by atoms with Crippen molar-refractivity contribution in [1.82, 2.24) is 24.8 Å². The van der Waals surface area contributed by atoms with Crippen LogP contribution in [0.2, 0.25) is 0 Å². The second kappa shape index (κ2) is 8.12. The number of rotatable bonds is 7. The molecule has 2 aliphatic rings. The van der Waals surface area contributed by atoms with E-state index in [1.165, 1.54) is 37.2 Å². The Kier molecular flexibility index (Phi) is 5.44. The number of fused-ring (bicyclic) bond motifs is 1. The molecule has 1 fully saturated rings. The molecule has 0 aromatic carbocycles. The first-order valence-electron chi connectivity index (χ1n) is 9.33. The zero-order valence-electron chi connectivity index (χ0n) is 14.8. The van der Waals surface area contributed by atoms with Gasteiger partial charge in [0.1, 0.15) is 5.69 Å². The molecule has 0 amide bonds. The van der Waals surface area contributed by atoms with Crippen molar-refractivity contribution in [3.63, 3.8) is 0 Å². The number of aryl methyl sites for hydroxylation is 1. The summed E-state index contributed by atoms with van der Waals surface area (Å²) in [5.74, 6) is 0. The predicted octanol–water partition coefficient (Wildman–Crippen LogP) is 1.89. The second-order valence-corrected chi connectivity index (χ2v) is 7.00. The van der Waals surface area contributed by atoms with Crippen molar-refractivity contribution in [2.24, 2.45) is 0 Å². The van der Waals surface area contributed by atoms with Gasteiger partial charge in [-0.2, -0.15) is 0 Å². The smallest absolute Gasteiger partial charge is 0.113 e. The van der Waals surface area contributed by atoms with Crippen molar-refractivity contribution in [3.8, 4) is 0 Å². The quantitative estimate of drug-likeness (QED) is 0.714. The minimum absolute atomic E-state index is 0.558. The van der Waals surface area contributed by atoms with Crippen molar-refractivity contribution in [1.29, 1.82) is 0 Å². The molecule has 4 rings (SSSR count). The van der Waals surface area contributed by atoms with Gasteiger partial charge in [0, 0.05) is 38.3 Å². The zero-order chi connectivity index (χ0) is 16.9. The maximum absolute atomic E-state index is 5.90. The van der Waals surface area contributed by atoms with Crippen LogP contribution in [0.15, 0.2) is 23.0 Å². The lowest BCUT2D eigenvalue weighted by molar-refractivity contribution is 0.0960. The average molecular weight is 345 g/mol. The summed E-state index contributed by atoms with van der Waals surface area (Å²) in [6.07, 6.45) is 7.29. The van der Waals surface area contributed by atoms with Gasteiger partial charge < -0.3 is 14.1 Å². The molecule has 0 aliphatic carbocycles. The third-order valence-electron chi connectivity index (χ3n) is 5.11.